The van der Waals surface area contributed by atoms with Crippen LogP contribution in [-0.4, -0.2) is 34.9 Å². The fourth-order valence-electron chi connectivity index (χ4n) is 4.11. The van der Waals surface area contributed by atoms with Crippen molar-refractivity contribution in [3.8, 4) is 6.07 Å². The predicted octanol–water partition coefficient (Wildman–Crippen LogP) is 4.21. The first-order chi connectivity index (χ1) is 17.0. The van der Waals surface area contributed by atoms with Gasteiger partial charge in [-0.1, -0.05) is 18.2 Å². The number of nitriles is 1. The highest BCUT2D eigenvalue weighted by molar-refractivity contribution is 6.07. The van der Waals surface area contributed by atoms with E-state index in [2.05, 4.69) is 5.32 Å². The molecule has 0 unspecified atom stereocenters. The van der Waals surface area contributed by atoms with Gasteiger partial charge < -0.3 is 10.1 Å². The fourth-order valence-corrected chi connectivity index (χ4v) is 4.11. The Kier molecular flexibility index (Phi) is 7.12. The summed E-state index contributed by atoms with van der Waals surface area (Å²) in [5.74, 6) is -1.08. The minimum Gasteiger partial charge on any atom is -0.452 e. The Morgan fingerprint density at radius 2 is 1.94 bits per heavy atom. The summed E-state index contributed by atoms with van der Waals surface area (Å²) < 4.78 is 5.34. The maximum Gasteiger partial charge on any atom is 0.339 e. The van der Waals surface area contributed by atoms with Crippen molar-refractivity contribution in [2.24, 2.45) is 0 Å². The highest BCUT2D eigenvalue weighted by Gasteiger charge is 2.26. The van der Waals surface area contributed by atoms with Crippen molar-refractivity contribution < 1.29 is 19.2 Å². The van der Waals surface area contributed by atoms with E-state index >= 15 is 0 Å². The van der Waals surface area contributed by atoms with Crippen molar-refractivity contribution in [3.05, 3.63) is 81.0 Å². The highest BCUT2D eigenvalue weighted by Crippen LogP contribution is 2.36. The van der Waals surface area contributed by atoms with Gasteiger partial charge in [0.2, 0.25) is 0 Å². The molecule has 1 aliphatic rings. The molecule has 1 amide bonds. The van der Waals surface area contributed by atoms with E-state index in [0.29, 0.717) is 28.6 Å². The second kappa shape index (κ2) is 10.6. The van der Waals surface area contributed by atoms with E-state index < -0.39 is 23.4 Å². The summed E-state index contributed by atoms with van der Waals surface area (Å²) in [6.45, 7) is -0.252. The number of carbonyl (C=O) groups excluding carboxylic acids is 2. The van der Waals surface area contributed by atoms with Gasteiger partial charge in [0, 0.05) is 24.1 Å². The lowest BCUT2D eigenvalue weighted by atomic mass is 9.86. The molecule has 3 aromatic rings. The summed E-state index contributed by atoms with van der Waals surface area (Å²) in [4.78, 5) is 40.5. The third-order valence-corrected chi connectivity index (χ3v) is 5.71. The first-order valence-corrected chi connectivity index (χ1v) is 11.2. The monoisotopic (exact) mass is 470 g/mol. The number of fused-ring (bicyclic) bond motifs is 2. The van der Waals surface area contributed by atoms with Gasteiger partial charge in [0.1, 0.15) is 0 Å². The number of hydrogen-bond acceptors (Lipinski definition) is 7. The summed E-state index contributed by atoms with van der Waals surface area (Å²) in [6, 6.07) is 15.5. The Bertz CT molecular complexity index is 1370. The first kappa shape index (κ1) is 23.6. The zero-order valence-electron chi connectivity index (χ0n) is 18.8. The third kappa shape index (κ3) is 5.33. The summed E-state index contributed by atoms with van der Waals surface area (Å²) in [5.41, 5.74) is 4.22. The van der Waals surface area contributed by atoms with Gasteiger partial charge in [-0.25, -0.2) is 9.78 Å². The molecule has 35 heavy (non-hydrogen) atoms. The molecule has 1 aliphatic carbocycles. The number of nitro groups is 1. The normalized spacial score (nSPS) is 13.6. The van der Waals surface area contributed by atoms with Crippen LogP contribution in [0.1, 0.15) is 46.4 Å². The van der Waals surface area contributed by atoms with Crippen LogP contribution in [0.4, 0.5) is 5.69 Å². The van der Waals surface area contributed by atoms with Crippen LogP contribution in [0.3, 0.4) is 0 Å². The van der Waals surface area contributed by atoms with Gasteiger partial charge in [0.25, 0.3) is 11.6 Å². The lowest BCUT2D eigenvalue weighted by molar-refractivity contribution is -0.384. The average Bonchev–Trinajstić information content (AvgIpc) is 2.86. The number of esters is 1. The maximum absolute atomic E-state index is 13.2. The second-order valence-corrected chi connectivity index (χ2v) is 8.04. The number of para-hydroxylation sites is 1. The Morgan fingerprint density at radius 3 is 2.69 bits per heavy atom. The van der Waals surface area contributed by atoms with Crippen molar-refractivity contribution in [2.75, 3.05) is 13.2 Å². The van der Waals surface area contributed by atoms with Crippen molar-refractivity contribution in [1.82, 2.24) is 10.3 Å². The van der Waals surface area contributed by atoms with Crippen LogP contribution in [0.15, 0.2) is 48.5 Å². The highest BCUT2D eigenvalue weighted by atomic mass is 16.6. The van der Waals surface area contributed by atoms with Gasteiger partial charge in [0.05, 0.1) is 34.2 Å². The number of ether oxygens (including phenoxy) is 1. The lowest BCUT2D eigenvalue weighted by Crippen LogP contribution is -2.29. The predicted molar refractivity (Wildman–Crippen MR) is 129 cm³/mol. The number of nitro benzene ring substituents is 1. The van der Waals surface area contributed by atoms with Crippen molar-refractivity contribution in [3.63, 3.8) is 0 Å². The number of non-ortho nitro benzene ring substituents is 1. The van der Waals surface area contributed by atoms with E-state index in [-0.39, 0.29) is 18.7 Å². The molecule has 9 heteroatoms. The van der Waals surface area contributed by atoms with Gasteiger partial charge in [-0.15, -0.1) is 0 Å². The molecule has 0 bridgehead atoms. The standard InChI is InChI=1S/C26H22N4O5/c27-13-4-14-28-23(31)16-35-26(32)24-20-6-1-2-8-22(20)29-25-18(5-3-7-21(24)25)15-17-9-11-19(12-10-17)30(33)34/h1-2,6,8-12,15H,3-5,7,14,16H2,(H,28,31)/b18-15+. The molecule has 1 aromatic heterocycles. The number of benzene rings is 2. The van der Waals surface area contributed by atoms with Crippen molar-refractivity contribution in [2.45, 2.75) is 25.7 Å². The number of rotatable bonds is 7. The molecule has 0 saturated carbocycles. The molecule has 2 aromatic carbocycles. The molecule has 0 radical (unpaired) electrons. The summed E-state index contributed by atoms with van der Waals surface area (Å²) in [6.07, 6.45) is 4.27. The number of hydrogen-bond donors (Lipinski definition) is 1. The Hall–Kier alpha value is -4.58. The molecule has 4 rings (SSSR count). The van der Waals surface area contributed by atoms with Crippen LogP contribution in [0.5, 0.6) is 0 Å². The third-order valence-electron chi connectivity index (χ3n) is 5.71. The molecule has 0 spiro atoms. The van der Waals surface area contributed by atoms with Crippen molar-refractivity contribution in [1.29, 1.82) is 5.26 Å². The number of allylic oxidation sites excluding steroid dienone is 1. The maximum atomic E-state index is 13.2. The van der Waals surface area contributed by atoms with E-state index in [9.17, 15) is 19.7 Å². The number of amides is 1. The van der Waals surface area contributed by atoms with Gasteiger partial charge in [-0.05, 0) is 60.2 Å². The minimum atomic E-state index is -0.605. The largest absolute Gasteiger partial charge is 0.452 e. The van der Waals surface area contributed by atoms with E-state index in [1.54, 1.807) is 18.2 Å². The summed E-state index contributed by atoms with van der Waals surface area (Å²) >= 11 is 0. The Labute approximate surface area is 201 Å². The molecular weight excluding hydrogens is 448 g/mol. The first-order valence-electron chi connectivity index (χ1n) is 11.2. The van der Waals surface area contributed by atoms with Crippen LogP contribution < -0.4 is 5.32 Å². The van der Waals surface area contributed by atoms with E-state index in [1.165, 1.54) is 12.1 Å². The smallest absolute Gasteiger partial charge is 0.339 e. The van der Waals surface area contributed by atoms with Crippen LogP contribution in [-0.2, 0) is 16.0 Å². The van der Waals surface area contributed by atoms with Gasteiger partial charge in [-0.3, -0.25) is 14.9 Å². The molecular formula is C26H22N4O5. The topological polar surface area (TPSA) is 135 Å². The number of nitrogens with zero attached hydrogens (tertiary/aromatic N) is 3. The number of carbonyl (C=O) groups is 2. The molecule has 0 atom stereocenters. The van der Waals surface area contributed by atoms with Crippen LogP contribution in [0, 0.1) is 21.4 Å². The van der Waals surface area contributed by atoms with Gasteiger partial charge >= 0.3 is 5.97 Å². The van der Waals surface area contributed by atoms with Crippen molar-refractivity contribution >= 4 is 40.1 Å². The van der Waals surface area contributed by atoms with Crippen LogP contribution in [0.2, 0.25) is 0 Å². The molecule has 1 N–H and O–H groups in total. The number of aromatic nitrogens is 1. The zero-order valence-corrected chi connectivity index (χ0v) is 18.8. The lowest BCUT2D eigenvalue weighted by Gasteiger charge is -2.22. The summed E-state index contributed by atoms with van der Waals surface area (Å²) in [5, 5.41) is 22.7. The molecule has 9 nitrogen and oxygen atoms in total. The fraction of sp³-hybridized carbons (Fsp3) is 0.231. The van der Waals surface area contributed by atoms with Gasteiger partial charge in [0.15, 0.2) is 6.61 Å². The number of pyridine rings is 1. The molecule has 0 saturated heterocycles. The minimum absolute atomic E-state index is 0.0157. The van der Waals surface area contributed by atoms with Crippen LogP contribution in [0.25, 0.3) is 22.6 Å². The SMILES string of the molecule is N#CCCNC(=O)COC(=O)c1c2c(nc3ccccc13)/C(=C/c1ccc([N+](=O)[O-])cc1)CCC2. The molecule has 176 valence electrons. The molecule has 1 heterocycles. The summed E-state index contributed by atoms with van der Waals surface area (Å²) in [7, 11) is 0. The van der Waals surface area contributed by atoms with Crippen LogP contribution >= 0.6 is 0 Å². The quantitative estimate of drug-likeness (QED) is 0.236. The Morgan fingerprint density at radius 1 is 1.17 bits per heavy atom. The second-order valence-electron chi connectivity index (χ2n) is 8.04. The molecule has 0 fully saturated rings. The van der Waals surface area contributed by atoms with E-state index in [4.69, 9.17) is 15.0 Å². The van der Waals surface area contributed by atoms with E-state index in [1.807, 2.05) is 30.3 Å². The van der Waals surface area contributed by atoms with E-state index in [0.717, 1.165) is 29.5 Å². The molecule has 0 aliphatic heterocycles. The zero-order chi connectivity index (χ0) is 24.8. The van der Waals surface area contributed by atoms with Gasteiger partial charge in [-0.2, -0.15) is 5.26 Å². The number of nitrogens with one attached hydrogen (secondary N) is 1. The Balaban J connectivity index is 1.69. The average molecular weight is 470 g/mol.